The Labute approximate surface area is 126 Å². The molecule has 0 aliphatic heterocycles. The number of hydrogen-bond acceptors (Lipinski definition) is 4. The second-order valence-electron chi connectivity index (χ2n) is 4.76. The fourth-order valence-electron chi connectivity index (χ4n) is 1.81. The van der Waals surface area contributed by atoms with Crippen molar-refractivity contribution >= 4 is 27.3 Å². The predicted molar refractivity (Wildman–Crippen MR) is 85.9 cm³/mol. The van der Waals surface area contributed by atoms with Gasteiger partial charge in [-0.25, -0.2) is 8.42 Å². The van der Waals surface area contributed by atoms with Crippen LogP contribution >= 0.6 is 0 Å². The Balaban J connectivity index is 2.62. The van der Waals surface area contributed by atoms with Crippen molar-refractivity contribution in [1.29, 1.82) is 0 Å². The number of benzene rings is 1. The van der Waals surface area contributed by atoms with Gasteiger partial charge in [-0.2, -0.15) is 0 Å². The molecule has 0 radical (unpaired) electrons. The molecular weight excluding hydrogens is 290 g/mol. The van der Waals surface area contributed by atoms with Crippen molar-refractivity contribution < 1.29 is 13.2 Å². The standard InChI is InChI=1S/C14H23N3O3S/c1-3-10-21(19,20)17-13-7-4-6-12(11-13)16-14(18)8-5-9-15-2/h4,6-7,11,15,17H,3,5,8-10H2,1-2H3,(H,16,18). The summed E-state index contributed by atoms with van der Waals surface area (Å²) in [5.41, 5.74) is 1.04. The lowest BCUT2D eigenvalue weighted by atomic mass is 10.2. The van der Waals surface area contributed by atoms with Gasteiger partial charge in [0, 0.05) is 12.1 Å². The van der Waals surface area contributed by atoms with Crippen LogP contribution in [0.1, 0.15) is 26.2 Å². The molecule has 1 aromatic rings. The zero-order chi connectivity index (χ0) is 15.7. The van der Waals surface area contributed by atoms with Crippen molar-refractivity contribution in [3.05, 3.63) is 24.3 Å². The second-order valence-corrected chi connectivity index (χ2v) is 6.60. The van der Waals surface area contributed by atoms with Crippen molar-refractivity contribution in [1.82, 2.24) is 5.32 Å². The largest absolute Gasteiger partial charge is 0.326 e. The number of rotatable bonds is 9. The summed E-state index contributed by atoms with van der Waals surface area (Å²) in [7, 11) is -1.48. The Morgan fingerprint density at radius 3 is 2.62 bits per heavy atom. The maximum atomic E-state index is 11.7. The predicted octanol–water partition coefficient (Wildman–Crippen LogP) is 1.78. The highest BCUT2D eigenvalue weighted by Gasteiger charge is 2.09. The van der Waals surface area contributed by atoms with Crippen LogP contribution in [0.15, 0.2) is 24.3 Å². The van der Waals surface area contributed by atoms with Gasteiger partial charge in [0.05, 0.1) is 11.4 Å². The Bertz CT molecular complexity index is 558. The zero-order valence-electron chi connectivity index (χ0n) is 12.5. The molecule has 0 unspecified atom stereocenters. The van der Waals surface area contributed by atoms with Crippen LogP contribution in [-0.2, 0) is 14.8 Å². The highest BCUT2D eigenvalue weighted by atomic mass is 32.2. The lowest BCUT2D eigenvalue weighted by Gasteiger charge is -2.10. The molecule has 0 fully saturated rings. The minimum absolute atomic E-state index is 0.0770. The van der Waals surface area contributed by atoms with Crippen LogP contribution in [0.3, 0.4) is 0 Å². The number of nitrogens with one attached hydrogen (secondary N) is 3. The molecular formula is C14H23N3O3S. The fourth-order valence-corrected chi connectivity index (χ4v) is 2.93. The topological polar surface area (TPSA) is 87.3 Å². The van der Waals surface area contributed by atoms with E-state index in [0.29, 0.717) is 24.2 Å². The molecule has 1 rings (SSSR count). The van der Waals surface area contributed by atoms with Gasteiger partial charge in [-0.05, 0) is 44.6 Å². The van der Waals surface area contributed by atoms with Gasteiger partial charge in [-0.3, -0.25) is 9.52 Å². The third-order valence-electron chi connectivity index (χ3n) is 2.72. The number of carbonyl (C=O) groups is 1. The van der Waals surface area contributed by atoms with E-state index in [1.165, 1.54) is 0 Å². The lowest BCUT2D eigenvalue weighted by molar-refractivity contribution is -0.116. The number of sulfonamides is 1. The van der Waals surface area contributed by atoms with Crippen LogP contribution in [0.2, 0.25) is 0 Å². The first kappa shape index (κ1) is 17.5. The van der Waals surface area contributed by atoms with Crippen LogP contribution in [0.25, 0.3) is 0 Å². The molecule has 118 valence electrons. The van der Waals surface area contributed by atoms with E-state index >= 15 is 0 Å². The highest BCUT2D eigenvalue weighted by Crippen LogP contribution is 2.17. The van der Waals surface area contributed by atoms with Gasteiger partial charge < -0.3 is 10.6 Å². The first-order chi connectivity index (χ1) is 9.96. The van der Waals surface area contributed by atoms with Gasteiger partial charge in [0.15, 0.2) is 0 Å². The Hall–Kier alpha value is -1.60. The summed E-state index contributed by atoms with van der Waals surface area (Å²) in [6, 6.07) is 6.70. The molecule has 0 heterocycles. The molecule has 21 heavy (non-hydrogen) atoms. The molecule has 0 saturated carbocycles. The lowest BCUT2D eigenvalue weighted by Crippen LogP contribution is -2.17. The summed E-state index contributed by atoms with van der Waals surface area (Å²) >= 11 is 0. The SMILES string of the molecule is CCCS(=O)(=O)Nc1cccc(NC(=O)CCCNC)c1. The van der Waals surface area contributed by atoms with E-state index in [-0.39, 0.29) is 11.7 Å². The van der Waals surface area contributed by atoms with Gasteiger partial charge in [-0.1, -0.05) is 13.0 Å². The monoisotopic (exact) mass is 313 g/mol. The Kier molecular flexibility index (Phi) is 7.18. The summed E-state index contributed by atoms with van der Waals surface area (Å²) in [5.74, 6) is -0.00744. The van der Waals surface area contributed by atoms with Gasteiger partial charge in [0.2, 0.25) is 15.9 Å². The molecule has 1 aromatic carbocycles. The minimum atomic E-state index is -3.32. The van der Waals surface area contributed by atoms with Gasteiger partial charge in [0.1, 0.15) is 0 Å². The molecule has 0 bridgehead atoms. The molecule has 0 aromatic heterocycles. The highest BCUT2D eigenvalue weighted by molar-refractivity contribution is 7.92. The molecule has 0 aliphatic rings. The summed E-state index contributed by atoms with van der Waals surface area (Å²) in [5, 5.41) is 5.73. The van der Waals surface area contributed by atoms with Gasteiger partial charge in [-0.15, -0.1) is 0 Å². The number of hydrogen-bond donors (Lipinski definition) is 3. The Morgan fingerprint density at radius 2 is 1.95 bits per heavy atom. The van der Waals surface area contributed by atoms with Crippen molar-refractivity contribution in [2.75, 3.05) is 29.4 Å². The van der Waals surface area contributed by atoms with E-state index in [4.69, 9.17) is 0 Å². The van der Waals surface area contributed by atoms with Crippen molar-refractivity contribution in [3.63, 3.8) is 0 Å². The summed E-state index contributed by atoms with van der Waals surface area (Å²) < 4.78 is 25.9. The molecule has 0 saturated heterocycles. The van der Waals surface area contributed by atoms with Crippen LogP contribution in [0.4, 0.5) is 11.4 Å². The fraction of sp³-hybridized carbons (Fsp3) is 0.500. The number of carbonyl (C=O) groups excluding carboxylic acids is 1. The molecule has 0 spiro atoms. The smallest absolute Gasteiger partial charge is 0.232 e. The number of amides is 1. The van der Waals surface area contributed by atoms with Crippen molar-refractivity contribution in [2.24, 2.45) is 0 Å². The first-order valence-electron chi connectivity index (χ1n) is 7.02. The maximum Gasteiger partial charge on any atom is 0.232 e. The van der Waals surface area contributed by atoms with E-state index in [9.17, 15) is 13.2 Å². The van der Waals surface area contributed by atoms with Gasteiger partial charge >= 0.3 is 0 Å². The third kappa shape index (κ3) is 7.10. The average Bonchev–Trinajstić information content (AvgIpc) is 2.38. The van der Waals surface area contributed by atoms with E-state index in [0.717, 1.165) is 13.0 Å². The minimum Gasteiger partial charge on any atom is -0.326 e. The normalized spacial score (nSPS) is 11.1. The molecule has 0 aliphatic carbocycles. The van der Waals surface area contributed by atoms with Crippen LogP contribution in [0, 0.1) is 0 Å². The molecule has 3 N–H and O–H groups in total. The van der Waals surface area contributed by atoms with Crippen molar-refractivity contribution in [3.8, 4) is 0 Å². The van der Waals surface area contributed by atoms with Crippen LogP contribution in [0.5, 0.6) is 0 Å². The van der Waals surface area contributed by atoms with E-state index in [1.807, 2.05) is 7.05 Å². The van der Waals surface area contributed by atoms with E-state index in [1.54, 1.807) is 31.2 Å². The summed E-state index contributed by atoms with van der Waals surface area (Å²) in [6.07, 6.45) is 1.73. The van der Waals surface area contributed by atoms with Gasteiger partial charge in [0.25, 0.3) is 0 Å². The summed E-state index contributed by atoms with van der Waals surface area (Å²) in [6.45, 7) is 2.59. The van der Waals surface area contributed by atoms with E-state index in [2.05, 4.69) is 15.4 Å². The second kappa shape index (κ2) is 8.63. The zero-order valence-corrected chi connectivity index (χ0v) is 13.3. The molecule has 0 atom stereocenters. The average molecular weight is 313 g/mol. The quantitative estimate of drug-likeness (QED) is 0.606. The van der Waals surface area contributed by atoms with E-state index < -0.39 is 10.0 Å². The Morgan fingerprint density at radius 1 is 1.24 bits per heavy atom. The van der Waals surface area contributed by atoms with Crippen LogP contribution < -0.4 is 15.4 Å². The first-order valence-corrected chi connectivity index (χ1v) is 8.67. The maximum absolute atomic E-state index is 11.7. The molecule has 6 nitrogen and oxygen atoms in total. The van der Waals surface area contributed by atoms with Crippen LogP contribution in [-0.4, -0.2) is 33.7 Å². The van der Waals surface area contributed by atoms with Crippen molar-refractivity contribution in [2.45, 2.75) is 26.2 Å². The number of anilines is 2. The molecule has 1 amide bonds. The summed E-state index contributed by atoms with van der Waals surface area (Å²) in [4.78, 5) is 11.7. The third-order valence-corrected chi connectivity index (χ3v) is 4.22. The molecule has 7 heteroatoms.